The first-order valence-corrected chi connectivity index (χ1v) is 5.13. The third-order valence-electron chi connectivity index (χ3n) is 2.00. The topological polar surface area (TPSA) is 43.0 Å². The Labute approximate surface area is 92.8 Å². The Kier molecular flexibility index (Phi) is 3.42. The molecule has 1 N–H and O–H groups in total. The van der Waals surface area contributed by atoms with Crippen LogP contribution in [0.3, 0.4) is 0 Å². The number of aromatic nitrogens is 2. The van der Waals surface area contributed by atoms with Crippen LogP contribution in [-0.2, 0) is 13.1 Å². The maximum atomic E-state index is 5.74. The Bertz CT molecular complexity index is 396. The summed E-state index contributed by atoms with van der Waals surface area (Å²) in [7, 11) is 0. The first kappa shape index (κ1) is 10.3. The fourth-order valence-electron chi connectivity index (χ4n) is 1.28. The van der Waals surface area contributed by atoms with Gasteiger partial charge in [-0.15, -0.1) is 0 Å². The minimum atomic E-state index is 0.668. The lowest BCUT2D eigenvalue weighted by Crippen LogP contribution is -2.19. The van der Waals surface area contributed by atoms with E-state index in [0.29, 0.717) is 5.02 Å². The molecular weight excluding hydrogens is 214 g/mol. The van der Waals surface area contributed by atoms with Gasteiger partial charge < -0.3 is 9.73 Å². The molecule has 0 fully saturated rings. The zero-order valence-corrected chi connectivity index (χ0v) is 8.94. The number of nitrogens with zero attached hydrogens (tertiary/aromatic N) is 2. The van der Waals surface area contributed by atoms with Crippen molar-refractivity contribution in [2.45, 2.75) is 13.1 Å². The van der Waals surface area contributed by atoms with Crippen molar-refractivity contribution in [1.29, 1.82) is 0 Å². The van der Waals surface area contributed by atoms with Gasteiger partial charge in [-0.25, -0.2) is 0 Å². The summed E-state index contributed by atoms with van der Waals surface area (Å²) in [6.45, 7) is 2.37. The van der Waals surface area contributed by atoms with Crippen LogP contribution in [0.5, 0.6) is 0 Å². The van der Waals surface area contributed by atoms with Gasteiger partial charge in [0.1, 0.15) is 5.76 Å². The smallest absolute Gasteiger partial charge is 0.117 e. The summed E-state index contributed by atoms with van der Waals surface area (Å²) >= 11 is 5.74. The average Bonchev–Trinajstić information content (AvgIpc) is 2.84. The van der Waals surface area contributed by atoms with Crippen molar-refractivity contribution in [3.05, 3.63) is 41.6 Å². The summed E-state index contributed by atoms with van der Waals surface area (Å²) in [5.74, 6) is 0.938. The van der Waals surface area contributed by atoms with E-state index in [9.17, 15) is 0 Å². The molecule has 4 nitrogen and oxygen atoms in total. The second kappa shape index (κ2) is 5.00. The third-order valence-corrected chi connectivity index (χ3v) is 2.19. The van der Waals surface area contributed by atoms with Crippen molar-refractivity contribution >= 4 is 11.6 Å². The molecule has 80 valence electrons. The summed E-state index contributed by atoms with van der Waals surface area (Å²) < 4.78 is 6.99. The van der Waals surface area contributed by atoms with E-state index < -0.39 is 0 Å². The quantitative estimate of drug-likeness (QED) is 0.791. The Morgan fingerprint density at radius 2 is 2.47 bits per heavy atom. The molecule has 0 aromatic carbocycles. The Morgan fingerprint density at radius 1 is 1.53 bits per heavy atom. The van der Waals surface area contributed by atoms with Gasteiger partial charge in [0.15, 0.2) is 0 Å². The summed E-state index contributed by atoms with van der Waals surface area (Å²) in [6.07, 6.45) is 5.11. The van der Waals surface area contributed by atoms with Crippen molar-refractivity contribution in [2.24, 2.45) is 0 Å². The van der Waals surface area contributed by atoms with E-state index in [1.165, 1.54) is 0 Å². The Morgan fingerprint density at radius 3 is 3.13 bits per heavy atom. The van der Waals surface area contributed by atoms with Crippen molar-refractivity contribution in [3.63, 3.8) is 0 Å². The predicted molar refractivity (Wildman–Crippen MR) is 57.7 cm³/mol. The van der Waals surface area contributed by atoms with Crippen LogP contribution in [0.2, 0.25) is 5.02 Å². The predicted octanol–water partition coefficient (Wildman–Crippen LogP) is 1.92. The van der Waals surface area contributed by atoms with E-state index in [0.717, 1.165) is 25.4 Å². The van der Waals surface area contributed by atoms with E-state index in [1.54, 1.807) is 23.3 Å². The van der Waals surface area contributed by atoms with Crippen LogP contribution in [0.15, 0.2) is 35.2 Å². The fraction of sp³-hybridized carbons (Fsp3) is 0.300. The van der Waals surface area contributed by atoms with Gasteiger partial charge in [0, 0.05) is 12.7 Å². The van der Waals surface area contributed by atoms with Gasteiger partial charge in [-0.3, -0.25) is 4.68 Å². The van der Waals surface area contributed by atoms with Crippen LogP contribution >= 0.6 is 11.6 Å². The number of nitrogens with one attached hydrogen (secondary N) is 1. The lowest BCUT2D eigenvalue weighted by molar-refractivity contribution is 0.470. The van der Waals surface area contributed by atoms with Crippen LogP contribution in [0.25, 0.3) is 0 Å². The summed E-state index contributed by atoms with van der Waals surface area (Å²) in [4.78, 5) is 0. The molecule has 0 aliphatic rings. The largest absolute Gasteiger partial charge is 0.468 e. The van der Waals surface area contributed by atoms with E-state index in [4.69, 9.17) is 16.0 Å². The lowest BCUT2D eigenvalue weighted by atomic mass is 10.4. The molecule has 2 heterocycles. The molecule has 0 unspecified atom stereocenters. The number of halogens is 1. The van der Waals surface area contributed by atoms with Gasteiger partial charge in [0.05, 0.1) is 30.6 Å². The maximum Gasteiger partial charge on any atom is 0.117 e. The number of hydrogen-bond acceptors (Lipinski definition) is 3. The van der Waals surface area contributed by atoms with Gasteiger partial charge in [-0.2, -0.15) is 5.10 Å². The van der Waals surface area contributed by atoms with Crippen LogP contribution < -0.4 is 5.32 Å². The molecule has 0 aliphatic heterocycles. The fourth-order valence-corrected chi connectivity index (χ4v) is 1.44. The van der Waals surface area contributed by atoms with E-state index >= 15 is 0 Å². The van der Waals surface area contributed by atoms with E-state index in [-0.39, 0.29) is 0 Å². The molecule has 2 aromatic rings. The molecule has 2 aromatic heterocycles. The maximum absolute atomic E-state index is 5.74. The van der Waals surface area contributed by atoms with Gasteiger partial charge >= 0.3 is 0 Å². The molecule has 0 saturated carbocycles. The highest BCUT2D eigenvalue weighted by molar-refractivity contribution is 6.30. The van der Waals surface area contributed by atoms with Crippen molar-refractivity contribution in [1.82, 2.24) is 15.1 Å². The molecule has 0 radical (unpaired) electrons. The minimum Gasteiger partial charge on any atom is -0.468 e. The highest BCUT2D eigenvalue weighted by Gasteiger charge is 1.96. The monoisotopic (exact) mass is 225 g/mol. The van der Waals surface area contributed by atoms with Crippen molar-refractivity contribution in [2.75, 3.05) is 6.54 Å². The molecule has 0 bridgehead atoms. The SMILES string of the molecule is Clc1cnn(CCNCc2ccco2)c1. The van der Waals surface area contributed by atoms with Crippen LogP contribution in [0.1, 0.15) is 5.76 Å². The molecule has 0 amide bonds. The number of hydrogen-bond donors (Lipinski definition) is 1. The molecule has 0 spiro atoms. The standard InChI is InChI=1S/C10H12ClN3O/c11-9-6-13-14(8-9)4-3-12-7-10-2-1-5-15-10/h1-2,5-6,8,12H,3-4,7H2. The third kappa shape index (κ3) is 3.11. The minimum absolute atomic E-state index is 0.668. The first-order chi connectivity index (χ1) is 7.34. The number of furan rings is 1. The lowest BCUT2D eigenvalue weighted by Gasteiger charge is -2.02. The molecule has 5 heteroatoms. The van der Waals surface area contributed by atoms with Crippen molar-refractivity contribution < 1.29 is 4.42 Å². The summed E-state index contributed by atoms with van der Waals surface area (Å²) in [6, 6.07) is 3.82. The second-order valence-corrected chi connectivity index (χ2v) is 3.61. The van der Waals surface area contributed by atoms with Crippen LogP contribution in [0.4, 0.5) is 0 Å². The highest BCUT2D eigenvalue weighted by Crippen LogP contribution is 2.04. The van der Waals surface area contributed by atoms with Crippen molar-refractivity contribution in [3.8, 4) is 0 Å². The Hall–Kier alpha value is -1.26. The van der Waals surface area contributed by atoms with Crippen LogP contribution in [0, 0.1) is 0 Å². The normalized spacial score (nSPS) is 10.7. The van der Waals surface area contributed by atoms with E-state index in [1.807, 2.05) is 12.1 Å². The van der Waals surface area contributed by atoms with Gasteiger partial charge in [-0.1, -0.05) is 11.6 Å². The molecule has 15 heavy (non-hydrogen) atoms. The molecule has 2 rings (SSSR count). The first-order valence-electron chi connectivity index (χ1n) is 4.75. The molecule has 0 aliphatic carbocycles. The highest BCUT2D eigenvalue weighted by atomic mass is 35.5. The Balaban J connectivity index is 1.67. The zero-order chi connectivity index (χ0) is 10.5. The van der Waals surface area contributed by atoms with Gasteiger partial charge in [0.2, 0.25) is 0 Å². The molecular formula is C10H12ClN3O. The molecule has 0 atom stereocenters. The van der Waals surface area contributed by atoms with Gasteiger partial charge in [0.25, 0.3) is 0 Å². The summed E-state index contributed by atoms with van der Waals surface area (Å²) in [5, 5.41) is 7.99. The second-order valence-electron chi connectivity index (χ2n) is 3.18. The van der Waals surface area contributed by atoms with Gasteiger partial charge in [-0.05, 0) is 12.1 Å². The van der Waals surface area contributed by atoms with E-state index in [2.05, 4.69) is 10.4 Å². The average molecular weight is 226 g/mol. The summed E-state index contributed by atoms with van der Waals surface area (Å²) in [5.41, 5.74) is 0. The van der Waals surface area contributed by atoms with Crippen LogP contribution in [-0.4, -0.2) is 16.3 Å². The zero-order valence-electron chi connectivity index (χ0n) is 8.19. The number of rotatable bonds is 5. The molecule has 0 saturated heterocycles.